The fraction of sp³-hybridized carbons (Fsp3) is 0.235. The molecule has 7 heteroatoms. The van der Waals surface area contributed by atoms with Gasteiger partial charge in [0.25, 0.3) is 5.91 Å². The van der Waals surface area contributed by atoms with Crippen molar-refractivity contribution in [1.82, 2.24) is 19.9 Å². The molecule has 1 aliphatic rings. The summed E-state index contributed by atoms with van der Waals surface area (Å²) in [4.78, 5) is 12.3. The molecule has 0 bridgehead atoms. The number of benzene rings is 1. The largest absolute Gasteiger partial charge is 0.345 e. The molecule has 1 saturated heterocycles. The summed E-state index contributed by atoms with van der Waals surface area (Å²) >= 11 is 3.93. The molecule has 1 amide bonds. The van der Waals surface area contributed by atoms with Crippen molar-refractivity contribution in [3.63, 3.8) is 0 Å². The summed E-state index contributed by atoms with van der Waals surface area (Å²) in [5.41, 5.74) is 2.72. The minimum Gasteiger partial charge on any atom is -0.345 e. The molecule has 24 heavy (non-hydrogen) atoms. The first-order valence-electron chi connectivity index (χ1n) is 7.71. The maximum atomic E-state index is 12.3. The van der Waals surface area contributed by atoms with Crippen LogP contribution in [-0.4, -0.2) is 32.0 Å². The molecule has 1 fully saturated rings. The highest BCUT2D eigenvalue weighted by molar-refractivity contribution is 8.19. The van der Waals surface area contributed by atoms with Gasteiger partial charge in [-0.1, -0.05) is 18.2 Å². The third-order valence-electron chi connectivity index (χ3n) is 3.86. The summed E-state index contributed by atoms with van der Waals surface area (Å²) in [6, 6.07) is 13.6. The number of carbonyl (C=O) groups excluding carboxylic acids is 1. The number of amides is 1. The molecule has 4 rings (SSSR count). The van der Waals surface area contributed by atoms with Gasteiger partial charge in [0.15, 0.2) is 11.5 Å². The number of fused-ring (bicyclic) bond motifs is 1. The Morgan fingerprint density at radius 2 is 1.92 bits per heavy atom. The predicted molar refractivity (Wildman–Crippen MR) is 98.3 cm³/mol. The van der Waals surface area contributed by atoms with Crippen molar-refractivity contribution in [3.05, 3.63) is 65.6 Å². The summed E-state index contributed by atoms with van der Waals surface area (Å²) < 4.78 is 2.38. The fourth-order valence-corrected chi connectivity index (χ4v) is 5.47. The lowest BCUT2D eigenvalue weighted by atomic mass is 10.1. The number of nitrogens with one attached hydrogen (secondary N) is 1. The van der Waals surface area contributed by atoms with Gasteiger partial charge in [-0.3, -0.25) is 9.20 Å². The Morgan fingerprint density at radius 1 is 1.12 bits per heavy atom. The predicted octanol–water partition coefficient (Wildman–Crippen LogP) is 3.14. The summed E-state index contributed by atoms with van der Waals surface area (Å²) in [5.74, 6) is 3.02. The van der Waals surface area contributed by atoms with Crippen molar-refractivity contribution >= 4 is 35.1 Å². The van der Waals surface area contributed by atoms with Crippen molar-refractivity contribution in [2.24, 2.45) is 0 Å². The second-order valence-electron chi connectivity index (χ2n) is 5.42. The van der Waals surface area contributed by atoms with Crippen molar-refractivity contribution < 1.29 is 4.79 Å². The minimum atomic E-state index is -0.0963. The molecule has 1 aliphatic heterocycles. The Labute approximate surface area is 148 Å². The van der Waals surface area contributed by atoms with E-state index in [4.69, 9.17) is 0 Å². The van der Waals surface area contributed by atoms with Crippen LogP contribution in [0.3, 0.4) is 0 Å². The van der Waals surface area contributed by atoms with E-state index in [-0.39, 0.29) is 5.91 Å². The Morgan fingerprint density at radius 3 is 2.71 bits per heavy atom. The first-order valence-corrected chi connectivity index (χ1v) is 9.81. The number of hydrogen-bond donors (Lipinski definition) is 1. The normalized spacial score (nSPS) is 15.0. The number of pyridine rings is 1. The number of nitrogens with zero attached hydrogens (tertiary/aromatic N) is 3. The van der Waals surface area contributed by atoms with E-state index in [9.17, 15) is 4.79 Å². The molecular weight excluding hydrogens is 340 g/mol. The molecule has 5 nitrogen and oxygen atoms in total. The summed E-state index contributed by atoms with van der Waals surface area (Å²) in [5, 5.41) is 11.1. The summed E-state index contributed by atoms with van der Waals surface area (Å²) in [7, 11) is 0. The number of carbonyl (C=O) groups is 1. The number of thioether (sulfide) groups is 2. The van der Waals surface area contributed by atoms with Gasteiger partial charge in [0, 0.05) is 23.3 Å². The highest BCUT2D eigenvalue weighted by Gasteiger charge is 2.18. The van der Waals surface area contributed by atoms with E-state index in [0.29, 0.717) is 22.5 Å². The Bertz CT molecular complexity index is 856. The molecule has 3 heterocycles. The van der Waals surface area contributed by atoms with Crippen LogP contribution in [0, 0.1) is 0 Å². The SMILES string of the molecule is O=C(NCc1nnc2ccccn12)c1ccc(C2SCCS2)cc1. The lowest BCUT2D eigenvalue weighted by Crippen LogP contribution is -2.24. The van der Waals surface area contributed by atoms with Gasteiger partial charge in [-0.2, -0.15) is 0 Å². The fourth-order valence-electron chi connectivity index (χ4n) is 2.62. The monoisotopic (exact) mass is 356 g/mol. The summed E-state index contributed by atoms with van der Waals surface area (Å²) in [6.07, 6.45) is 1.89. The maximum absolute atomic E-state index is 12.3. The molecule has 0 unspecified atom stereocenters. The van der Waals surface area contributed by atoms with Crippen LogP contribution >= 0.6 is 23.5 Å². The van der Waals surface area contributed by atoms with Crippen LogP contribution in [0.15, 0.2) is 48.7 Å². The molecule has 0 spiro atoms. The average Bonchev–Trinajstić information content (AvgIpc) is 3.30. The van der Waals surface area contributed by atoms with Crippen LogP contribution in [0.25, 0.3) is 5.65 Å². The second-order valence-corrected chi connectivity index (χ2v) is 8.15. The van der Waals surface area contributed by atoms with Crippen LogP contribution in [0.2, 0.25) is 0 Å². The minimum absolute atomic E-state index is 0.0963. The van der Waals surface area contributed by atoms with E-state index in [0.717, 1.165) is 5.65 Å². The van der Waals surface area contributed by atoms with Crippen molar-refractivity contribution in [2.75, 3.05) is 11.5 Å². The zero-order valence-electron chi connectivity index (χ0n) is 12.9. The Kier molecular flexibility index (Phi) is 4.44. The van der Waals surface area contributed by atoms with E-state index in [1.54, 1.807) is 0 Å². The van der Waals surface area contributed by atoms with Crippen LogP contribution in [-0.2, 0) is 6.54 Å². The molecule has 0 atom stereocenters. The third-order valence-corrected chi connectivity index (χ3v) is 6.96. The zero-order chi connectivity index (χ0) is 16.4. The van der Waals surface area contributed by atoms with E-state index in [2.05, 4.69) is 27.6 Å². The van der Waals surface area contributed by atoms with Gasteiger partial charge < -0.3 is 5.32 Å². The molecule has 0 radical (unpaired) electrons. The zero-order valence-corrected chi connectivity index (χ0v) is 14.5. The molecule has 0 saturated carbocycles. The van der Waals surface area contributed by atoms with Gasteiger partial charge in [-0.15, -0.1) is 33.7 Å². The highest BCUT2D eigenvalue weighted by Crippen LogP contribution is 2.45. The van der Waals surface area contributed by atoms with Crippen LogP contribution in [0.1, 0.15) is 26.3 Å². The topological polar surface area (TPSA) is 59.3 Å². The van der Waals surface area contributed by atoms with Gasteiger partial charge in [-0.05, 0) is 29.8 Å². The first kappa shape index (κ1) is 15.5. The molecule has 3 aromatic rings. The highest BCUT2D eigenvalue weighted by atomic mass is 32.2. The van der Waals surface area contributed by atoms with Gasteiger partial charge in [0.1, 0.15) is 0 Å². The lowest BCUT2D eigenvalue weighted by Gasteiger charge is -2.09. The van der Waals surface area contributed by atoms with Crippen LogP contribution in [0.5, 0.6) is 0 Å². The van der Waals surface area contributed by atoms with E-state index < -0.39 is 0 Å². The van der Waals surface area contributed by atoms with Crippen molar-refractivity contribution in [3.8, 4) is 0 Å². The van der Waals surface area contributed by atoms with Gasteiger partial charge >= 0.3 is 0 Å². The smallest absolute Gasteiger partial charge is 0.251 e. The molecule has 2 aromatic heterocycles. The van der Waals surface area contributed by atoms with E-state index in [1.807, 2.05) is 64.5 Å². The molecule has 0 aliphatic carbocycles. The Hall–Kier alpha value is -1.99. The lowest BCUT2D eigenvalue weighted by molar-refractivity contribution is 0.0950. The molecule has 1 aromatic carbocycles. The third kappa shape index (κ3) is 3.14. The van der Waals surface area contributed by atoms with Crippen LogP contribution < -0.4 is 5.32 Å². The summed E-state index contributed by atoms with van der Waals surface area (Å²) in [6.45, 7) is 0.347. The average molecular weight is 356 g/mol. The van der Waals surface area contributed by atoms with Crippen LogP contribution in [0.4, 0.5) is 0 Å². The van der Waals surface area contributed by atoms with E-state index >= 15 is 0 Å². The number of rotatable bonds is 4. The number of aromatic nitrogens is 3. The quantitative estimate of drug-likeness (QED) is 0.778. The van der Waals surface area contributed by atoms with Gasteiger partial charge in [0.2, 0.25) is 0 Å². The van der Waals surface area contributed by atoms with Crippen molar-refractivity contribution in [1.29, 1.82) is 0 Å². The first-order chi connectivity index (χ1) is 11.8. The van der Waals surface area contributed by atoms with Crippen molar-refractivity contribution in [2.45, 2.75) is 11.1 Å². The second kappa shape index (κ2) is 6.86. The number of hydrogen-bond acceptors (Lipinski definition) is 5. The van der Waals surface area contributed by atoms with Gasteiger partial charge in [0.05, 0.1) is 11.1 Å². The Balaban J connectivity index is 1.42. The standard InChI is InChI=1S/C17H16N4OS2/c22-16(12-4-6-13(7-5-12)17-23-9-10-24-17)18-11-15-20-19-14-3-1-2-8-21(14)15/h1-8,17H,9-11H2,(H,18,22). The molecule has 122 valence electrons. The maximum Gasteiger partial charge on any atom is 0.251 e. The molecular formula is C17H16N4OS2. The van der Waals surface area contributed by atoms with Gasteiger partial charge in [-0.25, -0.2) is 0 Å². The molecule has 1 N–H and O–H groups in total. The van der Waals surface area contributed by atoms with E-state index in [1.165, 1.54) is 17.1 Å².